The standard InChI is InChI=1S/C21H27N5O5S/c1-15-13-22-20(23-14-15)26-9-4-16(5-10-26)17-6-8-25(18(27)12-17)11-7-21(2,19(28)24-29)32(3,30)31/h4,6,8,12-14,29H,5,7,9-11H2,1-3H3,(H,24,28). The SMILES string of the molecule is Cc1cnc(N2CC=C(c3ccn(CCC(C)(C(=O)NO)S(C)(=O)=O)c(=O)c3)CC2)nc1. The van der Waals surface area contributed by atoms with E-state index in [4.69, 9.17) is 5.21 Å². The van der Waals surface area contributed by atoms with Crippen molar-refractivity contribution in [1.29, 1.82) is 0 Å². The normalized spacial score (nSPS) is 16.2. The van der Waals surface area contributed by atoms with E-state index in [1.165, 1.54) is 23.0 Å². The van der Waals surface area contributed by atoms with Crippen LogP contribution in [0, 0.1) is 6.92 Å². The minimum Gasteiger partial charge on any atom is -0.337 e. The lowest BCUT2D eigenvalue weighted by molar-refractivity contribution is -0.131. The molecule has 0 bridgehead atoms. The Kier molecular flexibility index (Phi) is 6.79. The number of hydrogen-bond donors (Lipinski definition) is 2. The van der Waals surface area contributed by atoms with Gasteiger partial charge in [0, 0.05) is 50.5 Å². The molecule has 1 atom stereocenters. The van der Waals surface area contributed by atoms with Crippen LogP contribution in [0.5, 0.6) is 0 Å². The third kappa shape index (κ3) is 4.89. The van der Waals surface area contributed by atoms with E-state index in [0.717, 1.165) is 35.9 Å². The average Bonchev–Trinajstić information content (AvgIpc) is 2.77. The molecule has 3 heterocycles. The molecular formula is C21H27N5O5S. The van der Waals surface area contributed by atoms with Gasteiger partial charge in [-0.15, -0.1) is 0 Å². The van der Waals surface area contributed by atoms with E-state index >= 15 is 0 Å². The fourth-order valence-corrected chi connectivity index (χ4v) is 4.32. The lowest BCUT2D eigenvalue weighted by Gasteiger charge is -2.27. The van der Waals surface area contributed by atoms with Gasteiger partial charge in [-0.2, -0.15) is 0 Å². The van der Waals surface area contributed by atoms with Gasteiger partial charge in [0.25, 0.3) is 11.5 Å². The molecule has 32 heavy (non-hydrogen) atoms. The number of pyridine rings is 1. The molecule has 0 aliphatic carbocycles. The molecule has 2 aromatic rings. The Morgan fingerprint density at radius 2 is 2.00 bits per heavy atom. The summed E-state index contributed by atoms with van der Waals surface area (Å²) in [5, 5.41) is 8.92. The molecule has 0 saturated carbocycles. The number of aryl methyl sites for hydroxylation is 2. The van der Waals surface area contributed by atoms with Crippen molar-refractivity contribution in [2.24, 2.45) is 0 Å². The van der Waals surface area contributed by atoms with Crippen molar-refractivity contribution in [3.63, 3.8) is 0 Å². The summed E-state index contributed by atoms with van der Waals surface area (Å²) in [7, 11) is -3.83. The maximum Gasteiger partial charge on any atom is 0.264 e. The Bertz CT molecular complexity index is 1190. The van der Waals surface area contributed by atoms with E-state index in [1.807, 2.05) is 13.0 Å². The molecule has 1 aliphatic heterocycles. The second-order valence-corrected chi connectivity index (χ2v) is 10.6. The summed E-state index contributed by atoms with van der Waals surface area (Å²) in [5.41, 5.74) is 3.95. The van der Waals surface area contributed by atoms with Gasteiger partial charge in [0.1, 0.15) is 0 Å². The van der Waals surface area contributed by atoms with Crippen LogP contribution >= 0.6 is 0 Å². The van der Waals surface area contributed by atoms with Crippen molar-refractivity contribution in [3.05, 3.63) is 58.3 Å². The second kappa shape index (κ2) is 9.21. The summed E-state index contributed by atoms with van der Waals surface area (Å²) >= 11 is 0. The number of nitrogens with zero attached hydrogens (tertiary/aromatic N) is 4. The highest BCUT2D eigenvalue weighted by molar-refractivity contribution is 7.92. The van der Waals surface area contributed by atoms with Crippen LogP contribution in [0.2, 0.25) is 0 Å². The van der Waals surface area contributed by atoms with Gasteiger partial charge in [-0.1, -0.05) is 6.08 Å². The Morgan fingerprint density at radius 3 is 2.53 bits per heavy atom. The van der Waals surface area contributed by atoms with E-state index in [1.54, 1.807) is 24.7 Å². The first kappa shape index (κ1) is 23.6. The molecule has 0 radical (unpaired) electrons. The van der Waals surface area contributed by atoms with Crippen LogP contribution in [0.15, 0.2) is 41.6 Å². The number of hydroxylamine groups is 1. The van der Waals surface area contributed by atoms with Crippen LogP contribution in [0.4, 0.5) is 5.95 Å². The van der Waals surface area contributed by atoms with Crippen LogP contribution in [0.1, 0.15) is 30.9 Å². The van der Waals surface area contributed by atoms with Crippen molar-refractivity contribution >= 4 is 27.3 Å². The van der Waals surface area contributed by atoms with Crippen LogP contribution in [0.3, 0.4) is 0 Å². The molecule has 1 amide bonds. The summed E-state index contributed by atoms with van der Waals surface area (Å²) in [6.45, 7) is 4.52. The molecule has 0 saturated heterocycles. The quantitative estimate of drug-likeness (QED) is 0.460. The van der Waals surface area contributed by atoms with E-state index in [0.29, 0.717) is 12.5 Å². The molecule has 1 aliphatic rings. The van der Waals surface area contributed by atoms with Gasteiger partial charge in [-0.05, 0) is 49.5 Å². The maximum atomic E-state index is 12.6. The molecule has 1 unspecified atom stereocenters. The van der Waals surface area contributed by atoms with Gasteiger partial charge in [-0.3, -0.25) is 14.8 Å². The zero-order chi connectivity index (χ0) is 23.5. The van der Waals surface area contributed by atoms with Crippen molar-refractivity contribution < 1.29 is 18.4 Å². The van der Waals surface area contributed by atoms with E-state index in [9.17, 15) is 18.0 Å². The zero-order valence-corrected chi connectivity index (χ0v) is 19.1. The lowest BCUT2D eigenvalue weighted by atomic mass is 10.0. The van der Waals surface area contributed by atoms with Crippen molar-refractivity contribution in [2.45, 2.75) is 38.0 Å². The predicted octanol–water partition coefficient (Wildman–Crippen LogP) is 0.939. The topological polar surface area (TPSA) is 134 Å². The summed E-state index contributed by atoms with van der Waals surface area (Å²) in [5.74, 6) is -0.360. The van der Waals surface area contributed by atoms with E-state index in [-0.39, 0.29) is 18.5 Å². The van der Waals surface area contributed by atoms with Gasteiger partial charge in [0.15, 0.2) is 14.6 Å². The van der Waals surface area contributed by atoms with Crippen molar-refractivity contribution in [2.75, 3.05) is 24.2 Å². The van der Waals surface area contributed by atoms with Gasteiger partial charge in [0.05, 0.1) is 0 Å². The highest BCUT2D eigenvalue weighted by atomic mass is 32.2. The Hall–Kier alpha value is -3.05. The molecular weight excluding hydrogens is 434 g/mol. The number of nitrogens with one attached hydrogen (secondary N) is 1. The smallest absolute Gasteiger partial charge is 0.264 e. The molecule has 2 N–H and O–H groups in total. The predicted molar refractivity (Wildman–Crippen MR) is 120 cm³/mol. The maximum absolute atomic E-state index is 12.6. The largest absolute Gasteiger partial charge is 0.337 e. The van der Waals surface area contributed by atoms with Crippen LogP contribution < -0.4 is 15.9 Å². The number of sulfone groups is 1. The van der Waals surface area contributed by atoms with Crippen LogP contribution in [-0.4, -0.2) is 58.2 Å². The molecule has 11 heteroatoms. The molecule has 0 fully saturated rings. The van der Waals surface area contributed by atoms with E-state index < -0.39 is 20.5 Å². The monoisotopic (exact) mass is 461 g/mol. The molecule has 3 rings (SSSR count). The minimum absolute atomic E-state index is 0.00763. The minimum atomic E-state index is -3.83. The summed E-state index contributed by atoms with van der Waals surface area (Å²) in [4.78, 5) is 35.3. The average molecular weight is 462 g/mol. The molecule has 0 aromatic carbocycles. The van der Waals surface area contributed by atoms with Gasteiger partial charge >= 0.3 is 0 Å². The first-order chi connectivity index (χ1) is 15.0. The Morgan fingerprint density at radius 1 is 1.31 bits per heavy atom. The zero-order valence-electron chi connectivity index (χ0n) is 18.3. The van der Waals surface area contributed by atoms with Crippen molar-refractivity contribution in [1.82, 2.24) is 20.0 Å². The Labute approximate surface area is 186 Å². The number of carbonyl (C=O) groups excluding carboxylic acids is 1. The van der Waals surface area contributed by atoms with Gasteiger partial charge < -0.3 is 9.47 Å². The van der Waals surface area contributed by atoms with Crippen LogP contribution in [-0.2, 0) is 21.2 Å². The number of anilines is 1. The fraction of sp³-hybridized carbons (Fsp3) is 0.429. The Balaban J connectivity index is 1.72. The number of rotatable bonds is 7. The second-order valence-electron chi connectivity index (χ2n) is 8.13. The third-order valence-electron chi connectivity index (χ3n) is 5.86. The van der Waals surface area contributed by atoms with Crippen molar-refractivity contribution in [3.8, 4) is 0 Å². The van der Waals surface area contributed by atoms with Gasteiger partial charge in [-0.25, -0.2) is 23.9 Å². The molecule has 10 nitrogen and oxygen atoms in total. The number of aromatic nitrogens is 3. The number of amides is 1. The first-order valence-electron chi connectivity index (χ1n) is 10.1. The summed E-state index contributed by atoms with van der Waals surface area (Å²) in [6.07, 6.45) is 8.68. The lowest BCUT2D eigenvalue weighted by Crippen LogP contribution is -2.49. The summed E-state index contributed by atoms with van der Waals surface area (Å²) in [6, 6.07) is 3.31. The third-order valence-corrected chi connectivity index (χ3v) is 7.88. The highest BCUT2D eigenvalue weighted by Crippen LogP contribution is 2.24. The van der Waals surface area contributed by atoms with Crippen LogP contribution in [0.25, 0.3) is 5.57 Å². The highest BCUT2D eigenvalue weighted by Gasteiger charge is 2.43. The molecule has 2 aromatic heterocycles. The van der Waals surface area contributed by atoms with Gasteiger partial charge in [0.2, 0.25) is 5.95 Å². The van der Waals surface area contributed by atoms with E-state index in [2.05, 4.69) is 14.9 Å². The number of carbonyl (C=O) groups is 1. The first-order valence-corrected chi connectivity index (χ1v) is 12.0. The number of hydrogen-bond acceptors (Lipinski definition) is 8. The summed E-state index contributed by atoms with van der Waals surface area (Å²) < 4.78 is 23.7. The molecule has 172 valence electrons. The fourth-order valence-electron chi connectivity index (χ4n) is 3.47. The molecule has 0 spiro atoms.